The van der Waals surface area contributed by atoms with Gasteiger partial charge in [-0.05, 0) is 42.7 Å². The Bertz CT molecular complexity index is 959. The summed E-state index contributed by atoms with van der Waals surface area (Å²) in [6.45, 7) is 6.00. The summed E-state index contributed by atoms with van der Waals surface area (Å²) in [6.07, 6.45) is 3.13. The fraction of sp³-hybridized carbons (Fsp3) is 0.476. The van der Waals surface area contributed by atoms with Crippen LogP contribution in [0.2, 0.25) is 0 Å². The minimum atomic E-state index is -3.30. The van der Waals surface area contributed by atoms with E-state index in [0.717, 1.165) is 48.8 Å². The van der Waals surface area contributed by atoms with Crippen LogP contribution in [0.15, 0.2) is 42.6 Å². The van der Waals surface area contributed by atoms with Gasteiger partial charge in [0.1, 0.15) is 5.82 Å². The highest BCUT2D eigenvalue weighted by Crippen LogP contribution is 2.35. The van der Waals surface area contributed by atoms with E-state index in [0.29, 0.717) is 13.0 Å². The van der Waals surface area contributed by atoms with Crippen LogP contribution in [0, 0.1) is 0 Å². The molecule has 0 bridgehead atoms. The lowest BCUT2D eigenvalue weighted by atomic mass is 10.0. The number of benzene rings is 1. The first-order chi connectivity index (χ1) is 13.8. The van der Waals surface area contributed by atoms with Gasteiger partial charge in [-0.2, -0.15) is 0 Å². The highest BCUT2D eigenvalue weighted by atomic mass is 32.2. The summed E-state index contributed by atoms with van der Waals surface area (Å²) in [7, 11) is -3.30. The van der Waals surface area contributed by atoms with E-state index in [1.165, 1.54) is 10.6 Å². The Morgan fingerprint density at radius 2 is 1.93 bits per heavy atom. The number of sulfonamides is 1. The van der Waals surface area contributed by atoms with Crippen molar-refractivity contribution < 1.29 is 13.5 Å². The van der Waals surface area contributed by atoms with Crippen LogP contribution >= 0.6 is 0 Å². The van der Waals surface area contributed by atoms with Gasteiger partial charge in [0.05, 0.1) is 18.0 Å². The summed E-state index contributed by atoms with van der Waals surface area (Å²) in [5.41, 5.74) is 2.57. The fourth-order valence-electron chi connectivity index (χ4n) is 4.39. The Morgan fingerprint density at radius 1 is 1.17 bits per heavy atom. The Morgan fingerprint density at radius 3 is 2.59 bits per heavy atom. The minimum absolute atomic E-state index is 0.0907. The van der Waals surface area contributed by atoms with Crippen LogP contribution in [0.1, 0.15) is 24.2 Å². The van der Waals surface area contributed by atoms with Crippen LogP contribution in [-0.4, -0.2) is 68.4 Å². The smallest absolute Gasteiger partial charge is 0.232 e. The molecule has 29 heavy (non-hydrogen) atoms. The van der Waals surface area contributed by atoms with Crippen LogP contribution < -0.4 is 9.21 Å². The number of fused-ring (bicyclic) bond motifs is 1. The molecule has 1 aromatic heterocycles. The summed E-state index contributed by atoms with van der Waals surface area (Å²) in [6, 6.07) is 11.5. The van der Waals surface area contributed by atoms with Crippen LogP contribution in [0.25, 0.3) is 0 Å². The summed E-state index contributed by atoms with van der Waals surface area (Å²) in [4.78, 5) is 8.94. The zero-order chi connectivity index (χ0) is 20.6. The molecular weight excluding hydrogens is 388 g/mol. The van der Waals surface area contributed by atoms with E-state index in [1.54, 1.807) is 0 Å². The zero-order valence-electron chi connectivity index (χ0n) is 16.9. The first-order valence-corrected chi connectivity index (χ1v) is 11.9. The lowest BCUT2D eigenvalue weighted by Gasteiger charge is -2.36. The second-order valence-electron chi connectivity index (χ2n) is 7.99. The molecule has 0 aliphatic carbocycles. The number of piperazine rings is 1. The maximum absolute atomic E-state index is 12.1. The number of pyridine rings is 1. The summed E-state index contributed by atoms with van der Waals surface area (Å²) in [5, 5.41) is 10.8. The van der Waals surface area contributed by atoms with Gasteiger partial charge in [0.15, 0.2) is 0 Å². The van der Waals surface area contributed by atoms with Crippen molar-refractivity contribution in [3.05, 3.63) is 53.7 Å². The molecule has 2 aliphatic heterocycles. The number of anilines is 2. The van der Waals surface area contributed by atoms with Crippen molar-refractivity contribution in [2.24, 2.45) is 0 Å². The van der Waals surface area contributed by atoms with Gasteiger partial charge < -0.3 is 10.0 Å². The molecule has 8 heteroatoms. The largest absolute Gasteiger partial charge is 0.387 e. The lowest BCUT2D eigenvalue weighted by molar-refractivity contribution is 0.109. The number of aromatic nitrogens is 1. The van der Waals surface area contributed by atoms with Gasteiger partial charge in [0.2, 0.25) is 10.0 Å². The molecule has 3 heterocycles. The number of hydrogen-bond acceptors (Lipinski definition) is 6. The predicted molar refractivity (Wildman–Crippen MR) is 115 cm³/mol. The predicted octanol–water partition coefficient (Wildman–Crippen LogP) is 1.65. The second kappa shape index (κ2) is 7.93. The van der Waals surface area contributed by atoms with Crippen LogP contribution in [0.5, 0.6) is 0 Å². The van der Waals surface area contributed by atoms with Gasteiger partial charge in [0, 0.05) is 45.0 Å². The highest BCUT2D eigenvalue weighted by Gasteiger charge is 2.33. The number of aliphatic hydroxyl groups is 1. The van der Waals surface area contributed by atoms with E-state index in [-0.39, 0.29) is 6.04 Å². The summed E-state index contributed by atoms with van der Waals surface area (Å²) < 4.78 is 25.6. The molecule has 1 N–H and O–H groups in total. The van der Waals surface area contributed by atoms with Gasteiger partial charge in [-0.15, -0.1) is 0 Å². The van der Waals surface area contributed by atoms with Crippen molar-refractivity contribution in [2.45, 2.75) is 25.5 Å². The maximum Gasteiger partial charge on any atom is 0.232 e. The number of β-amino-alcohol motifs (C(OH)–C–C–N with tert-alkyl or cyclic N) is 1. The van der Waals surface area contributed by atoms with E-state index in [2.05, 4.69) is 14.8 Å². The van der Waals surface area contributed by atoms with Crippen molar-refractivity contribution >= 4 is 21.5 Å². The molecule has 1 saturated heterocycles. The van der Waals surface area contributed by atoms with Gasteiger partial charge in [0.25, 0.3) is 0 Å². The topological polar surface area (TPSA) is 77.0 Å². The van der Waals surface area contributed by atoms with Crippen molar-refractivity contribution in [3.8, 4) is 0 Å². The van der Waals surface area contributed by atoms with Crippen molar-refractivity contribution in [2.75, 3.05) is 48.2 Å². The highest BCUT2D eigenvalue weighted by molar-refractivity contribution is 7.92. The van der Waals surface area contributed by atoms with Gasteiger partial charge in [-0.3, -0.25) is 9.21 Å². The fourth-order valence-corrected chi connectivity index (χ4v) is 5.65. The van der Waals surface area contributed by atoms with E-state index in [1.807, 2.05) is 49.5 Å². The Kier molecular flexibility index (Phi) is 5.50. The Balaban J connectivity index is 1.39. The molecule has 4 rings (SSSR count). The SMILES string of the molecule is C[C@@H]1Cc2cc([C@H](O)CN3CCN(c4ccccn4)CC3)ccc2N1S(C)(=O)=O. The van der Waals surface area contributed by atoms with E-state index >= 15 is 0 Å². The quantitative estimate of drug-likeness (QED) is 0.799. The number of hydrogen-bond donors (Lipinski definition) is 1. The Labute approximate surface area is 172 Å². The molecule has 2 atom stereocenters. The van der Waals surface area contributed by atoms with Gasteiger partial charge >= 0.3 is 0 Å². The third-order valence-corrected chi connectivity index (χ3v) is 7.05. The molecule has 7 nitrogen and oxygen atoms in total. The first-order valence-electron chi connectivity index (χ1n) is 10.0. The van der Waals surface area contributed by atoms with E-state index in [9.17, 15) is 13.5 Å². The van der Waals surface area contributed by atoms with E-state index < -0.39 is 16.1 Å². The molecule has 1 fully saturated rings. The average Bonchev–Trinajstić information content (AvgIpc) is 3.04. The Hall–Kier alpha value is -2.16. The van der Waals surface area contributed by atoms with E-state index in [4.69, 9.17) is 0 Å². The third kappa shape index (κ3) is 4.24. The second-order valence-corrected chi connectivity index (χ2v) is 9.85. The van der Waals surface area contributed by atoms with Gasteiger partial charge in [-0.25, -0.2) is 13.4 Å². The molecule has 2 aromatic rings. The number of rotatable bonds is 5. The molecular formula is C21H28N4O3S. The average molecular weight is 417 g/mol. The summed E-state index contributed by atoms with van der Waals surface area (Å²) >= 11 is 0. The molecule has 156 valence electrons. The maximum atomic E-state index is 12.1. The minimum Gasteiger partial charge on any atom is -0.387 e. The van der Waals surface area contributed by atoms with Crippen LogP contribution in [0.4, 0.5) is 11.5 Å². The first kappa shape index (κ1) is 20.1. The number of nitrogens with zero attached hydrogens (tertiary/aromatic N) is 4. The van der Waals surface area contributed by atoms with Gasteiger partial charge in [-0.1, -0.05) is 18.2 Å². The molecule has 2 aliphatic rings. The normalized spacial score (nSPS) is 21.3. The third-order valence-electron chi connectivity index (χ3n) is 5.78. The summed E-state index contributed by atoms with van der Waals surface area (Å²) in [5.74, 6) is 0.996. The van der Waals surface area contributed by atoms with Crippen LogP contribution in [-0.2, 0) is 16.4 Å². The number of aliphatic hydroxyl groups excluding tert-OH is 1. The van der Waals surface area contributed by atoms with Crippen molar-refractivity contribution in [3.63, 3.8) is 0 Å². The zero-order valence-corrected chi connectivity index (χ0v) is 17.7. The molecule has 0 radical (unpaired) electrons. The molecule has 0 saturated carbocycles. The standard InChI is InChI=1S/C21H28N4O3S/c1-16-13-18-14-17(6-7-19(18)25(16)29(2,27)28)20(26)15-23-9-11-24(12-10-23)21-5-3-4-8-22-21/h3-8,14,16,20,26H,9-13,15H2,1-2H3/t16-,20-/m1/s1. The molecule has 0 amide bonds. The van der Waals surface area contributed by atoms with Crippen LogP contribution in [0.3, 0.4) is 0 Å². The lowest BCUT2D eigenvalue weighted by Crippen LogP contribution is -2.47. The molecule has 0 unspecified atom stereocenters. The monoisotopic (exact) mass is 416 g/mol. The van der Waals surface area contributed by atoms with Crippen molar-refractivity contribution in [1.29, 1.82) is 0 Å². The molecule has 0 spiro atoms. The van der Waals surface area contributed by atoms with Crippen molar-refractivity contribution in [1.82, 2.24) is 9.88 Å². The molecule has 1 aromatic carbocycles.